The van der Waals surface area contributed by atoms with E-state index in [2.05, 4.69) is 26.0 Å². The van der Waals surface area contributed by atoms with Gasteiger partial charge in [0.1, 0.15) is 0 Å². The summed E-state index contributed by atoms with van der Waals surface area (Å²) in [6.07, 6.45) is 20.0. The van der Waals surface area contributed by atoms with Crippen molar-refractivity contribution in [1.29, 1.82) is 0 Å². The van der Waals surface area contributed by atoms with Crippen LogP contribution in [-0.2, 0) is 4.79 Å². The van der Waals surface area contributed by atoms with Crippen LogP contribution < -0.4 is 0 Å². The summed E-state index contributed by atoms with van der Waals surface area (Å²) in [7, 11) is 0. The Balaban J connectivity index is 1.30. The monoisotopic (exact) mass is 426 g/mol. The molecule has 0 aromatic carbocycles. The third kappa shape index (κ3) is 3.39. The van der Waals surface area contributed by atoms with Crippen LogP contribution in [0.4, 0.5) is 0 Å². The van der Waals surface area contributed by atoms with Crippen LogP contribution in [0.25, 0.3) is 11.1 Å². The minimum absolute atomic E-state index is 0.0664. The van der Waals surface area contributed by atoms with Gasteiger partial charge >= 0.3 is 0 Å². The first-order chi connectivity index (χ1) is 15.6. The van der Waals surface area contributed by atoms with Crippen LogP contribution in [-0.4, -0.2) is 67.4 Å². The van der Waals surface area contributed by atoms with Crippen LogP contribution in [0.15, 0.2) is 72.5 Å². The zero-order chi connectivity index (χ0) is 21.7. The van der Waals surface area contributed by atoms with Crippen molar-refractivity contribution in [2.75, 3.05) is 26.2 Å². The lowest BCUT2D eigenvalue weighted by Gasteiger charge is -2.40. The molecule has 0 radical (unpaired) electrons. The molecule has 0 bridgehead atoms. The maximum atomic E-state index is 13.3. The number of rotatable bonds is 2. The van der Waals surface area contributed by atoms with Gasteiger partial charge in [-0.2, -0.15) is 5.10 Å². The van der Waals surface area contributed by atoms with E-state index in [0.29, 0.717) is 6.04 Å². The molecule has 0 saturated carbocycles. The minimum atomic E-state index is -0.0664. The van der Waals surface area contributed by atoms with Crippen molar-refractivity contribution in [3.8, 4) is 0 Å². The summed E-state index contributed by atoms with van der Waals surface area (Å²) in [6, 6.07) is 2.60. The number of carbonyl (C=O) groups excluding carboxylic acids is 1. The molecule has 162 valence electrons. The first-order valence-corrected chi connectivity index (χ1v) is 11.3. The van der Waals surface area contributed by atoms with Crippen LogP contribution >= 0.6 is 0 Å². The van der Waals surface area contributed by atoms with Gasteiger partial charge in [-0.15, -0.1) is 0 Å². The summed E-state index contributed by atoms with van der Waals surface area (Å²) in [5.41, 5.74) is 5.33. The van der Waals surface area contributed by atoms with Gasteiger partial charge in [-0.3, -0.25) is 19.6 Å². The van der Waals surface area contributed by atoms with Gasteiger partial charge in [0.2, 0.25) is 0 Å². The average molecular weight is 427 g/mol. The molecule has 7 heteroatoms. The van der Waals surface area contributed by atoms with E-state index in [4.69, 9.17) is 0 Å². The molecule has 6 heterocycles. The summed E-state index contributed by atoms with van der Waals surface area (Å²) in [6.45, 7) is 6.30. The molecule has 1 atom stereocenters. The van der Waals surface area contributed by atoms with E-state index in [9.17, 15) is 4.79 Å². The Labute approximate surface area is 187 Å². The van der Waals surface area contributed by atoms with Gasteiger partial charge in [0, 0.05) is 49.2 Å². The number of piperazine rings is 1. The largest absolute Gasteiger partial charge is 0.367 e. The molecule has 0 unspecified atom stereocenters. The van der Waals surface area contributed by atoms with Gasteiger partial charge in [-0.1, -0.05) is 12.2 Å². The first kappa shape index (κ1) is 19.3. The van der Waals surface area contributed by atoms with Gasteiger partial charge < -0.3 is 4.90 Å². The molecule has 4 aliphatic rings. The molecule has 0 spiro atoms. The van der Waals surface area contributed by atoms with Crippen molar-refractivity contribution in [3.63, 3.8) is 0 Å². The molecular formula is C25H26N6O. The van der Waals surface area contributed by atoms with E-state index in [0.717, 1.165) is 53.5 Å². The number of fused-ring (bicyclic) bond motifs is 3. The summed E-state index contributed by atoms with van der Waals surface area (Å²) in [4.78, 5) is 24.4. The van der Waals surface area contributed by atoms with Crippen molar-refractivity contribution in [2.45, 2.75) is 25.8 Å². The van der Waals surface area contributed by atoms with Crippen LogP contribution in [0.2, 0.25) is 0 Å². The van der Waals surface area contributed by atoms with Crippen molar-refractivity contribution in [3.05, 3.63) is 83.9 Å². The molecule has 2 fully saturated rings. The lowest BCUT2D eigenvalue weighted by Crippen LogP contribution is -2.49. The number of amides is 1. The number of allylic oxidation sites excluding steroid dienone is 6. The van der Waals surface area contributed by atoms with E-state index < -0.39 is 0 Å². The molecule has 6 rings (SSSR count). The van der Waals surface area contributed by atoms with E-state index >= 15 is 0 Å². The first-order valence-electron chi connectivity index (χ1n) is 11.3. The molecule has 4 aliphatic heterocycles. The van der Waals surface area contributed by atoms with Gasteiger partial charge in [-0.05, 0) is 50.6 Å². The normalized spacial score (nSPS) is 25.1. The minimum Gasteiger partial charge on any atom is -0.367 e. The summed E-state index contributed by atoms with van der Waals surface area (Å²) < 4.78 is 1.81. The Kier molecular flexibility index (Phi) is 4.57. The predicted octanol–water partition coefficient (Wildman–Crippen LogP) is 2.89. The third-order valence-corrected chi connectivity index (χ3v) is 6.75. The summed E-state index contributed by atoms with van der Waals surface area (Å²) >= 11 is 0. The molecule has 0 aliphatic carbocycles. The van der Waals surface area contributed by atoms with E-state index in [1.54, 1.807) is 21.7 Å². The number of aryl methyl sites for hydroxylation is 1. The second-order valence-electron chi connectivity index (χ2n) is 8.85. The lowest BCUT2D eigenvalue weighted by atomic mass is 10.1. The third-order valence-electron chi connectivity index (χ3n) is 6.75. The van der Waals surface area contributed by atoms with Crippen molar-refractivity contribution < 1.29 is 4.79 Å². The van der Waals surface area contributed by atoms with Crippen molar-refractivity contribution >= 4 is 17.0 Å². The van der Waals surface area contributed by atoms with Gasteiger partial charge in [0.05, 0.1) is 35.0 Å². The molecule has 0 N–H and O–H groups in total. The molecule has 2 saturated heterocycles. The fraction of sp³-hybridized carbons (Fsp3) is 0.320. The fourth-order valence-electron chi connectivity index (χ4n) is 5.03. The molecular weight excluding hydrogens is 400 g/mol. The van der Waals surface area contributed by atoms with Gasteiger partial charge in [0.15, 0.2) is 0 Å². The predicted molar refractivity (Wildman–Crippen MR) is 123 cm³/mol. The fourth-order valence-corrected chi connectivity index (χ4v) is 5.03. The number of hydrogen-bond acceptors (Lipinski definition) is 5. The highest BCUT2D eigenvalue weighted by atomic mass is 16.2. The highest BCUT2D eigenvalue weighted by Crippen LogP contribution is 2.28. The van der Waals surface area contributed by atoms with Crippen molar-refractivity contribution in [2.24, 2.45) is 0 Å². The Morgan fingerprint density at radius 3 is 2.94 bits per heavy atom. The molecule has 32 heavy (non-hydrogen) atoms. The molecule has 2 aromatic rings. The number of aromatic nitrogens is 3. The second-order valence-corrected chi connectivity index (χ2v) is 8.85. The molecule has 1 amide bonds. The maximum Gasteiger partial charge on any atom is 0.255 e. The highest BCUT2D eigenvalue weighted by Gasteiger charge is 2.32. The number of carbonyl (C=O) groups is 1. The maximum absolute atomic E-state index is 13.3. The Morgan fingerprint density at radius 2 is 2.00 bits per heavy atom. The highest BCUT2D eigenvalue weighted by molar-refractivity contribution is 5.99. The Morgan fingerprint density at radius 1 is 1.09 bits per heavy atom. The van der Waals surface area contributed by atoms with Crippen LogP contribution in [0.1, 0.15) is 24.2 Å². The zero-order valence-electron chi connectivity index (χ0n) is 18.2. The van der Waals surface area contributed by atoms with Crippen LogP contribution in [0, 0.1) is 6.92 Å². The molecule has 2 aromatic heterocycles. The van der Waals surface area contributed by atoms with Crippen molar-refractivity contribution in [1.82, 2.24) is 29.3 Å². The SMILES string of the molecule is Cc1cn2nc(C3=CC(=O)N4C=C(N5CCN6CCC[C@@H]6C5)C=C/C4=C\C=C3)cc2cn1. The Bertz CT molecular complexity index is 1250. The summed E-state index contributed by atoms with van der Waals surface area (Å²) in [5.74, 6) is -0.0664. The number of nitrogens with zero attached hydrogens (tertiary/aromatic N) is 6. The summed E-state index contributed by atoms with van der Waals surface area (Å²) in [5, 5.41) is 4.65. The van der Waals surface area contributed by atoms with E-state index in [1.807, 2.05) is 49.7 Å². The van der Waals surface area contributed by atoms with E-state index in [1.165, 1.54) is 19.4 Å². The van der Waals surface area contributed by atoms with Crippen LogP contribution in [0.5, 0.6) is 0 Å². The zero-order valence-corrected chi connectivity index (χ0v) is 18.2. The van der Waals surface area contributed by atoms with Gasteiger partial charge in [-0.25, -0.2) is 4.52 Å². The smallest absolute Gasteiger partial charge is 0.255 e. The topological polar surface area (TPSA) is 57.0 Å². The molecule has 7 nitrogen and oxygen atoms in total. The van der Waals surface area contributed by atoms with Crippen LogP contribution in [0.3, 0.4) is 0 Å². The van der Waals surface area contributed by atoms with Gasteiger partial charge in [0.25, 0.3) is 5.91 Å². The second kappa shape index (κ2) is 7.60. The Hall–Kier alpha value is -3.45. The average Bonchev–Trinajstić information content (AvgIpc) is 3.43. The number of hydrogen-bond donors (Lipinski definition) is 0. The standard InChI is InChI=1S/C25H26N6O/c1-18-15-31-23(14-26-18)13-24(27-31)19-4-2-5-20-7-8-22(17-30(20)25(32)12-19)29-11-10-28-9-3-6-21(28)16-29/h2,4-5,7-8,12-15,17,21H,3,6,9-11,16H2,1H3/b4-2?,19-12?,20-5+/t21-/m1/s1. The van der Waals surface area contributed by atoms with E-state index in [-0.39, 0.29) is 5.91 Å². The quantitative estimate of drug-likeness (QED) is 0.739. The lowest BCUT2D eigenvalue weighted by molar-refractivity contribution is -0.122.